The molecule has 0 spiro atoms. The van der Waals surface area contributed by atoms with Crippen LogP contribution in [0, 0.1) is 6.92 Å². The average molecular weight is 407 g/mol. The van der Waals surface area contributed by atoms with Gasteiger partial charge in [-0.05, 0) is 6.92 Å². The number of alkyl halides is 2. The van der Waals surface area contributed by atoms with Crippen molar-refractivity contribution in [1.82, 2.24) is 24.6 Å². The maximum absolute atomic E-state index is 13.2. The third-order valence-electron chi connectivity index (χ3n) is 5.38. The van der Waals surface area contributed by atoms with Crippen molar-refractivity contribution in [1.29, 1.82) is 0 Å². The van der Waals surface area contributed by atoms with Gasteiger partial charge >= 0.3 is 0 Å². The highest BCUT2D eigenvalue weighted by molar-refractivity contribution is 5.51. The molecule has 8 nitrogen and oxygen atoms in total. The Bertz CT molecular complexity index is 830. The summed E-state index contributed by atoms with van der Waals surface area (Å²) in [4.78, 5) is 15.9. The first kappa shape index (κ1) is 20.0. The lowest BCUT2D eigenvalue weighted by molar-refractivity contribution is 0.122. The minimum Gasteiger partial charge on any atom is -0.378 e. The molecule has 10 heteroatoms. The van der Waals surface area contributed by atoms with Crippen molar-refractivity contribution < 1.29 is 13.5 Å². The lowest BCUT2D eigenvalue weighted by atomic mass is 10.2. The molecule has 0 aromatic carbocycles. The second-order valence-electron chi connectivity index (χ2n) is 7.51. The smallest absolute Gasteiger partial charge is 0.282 e. The standard InChI is InChI=1S/C19H27F2N7O/c1-14-22-16(11-17(23-14)28-7-9-29-10-8-28)27-5-3-26(4-6-27)13-15-12-25(2)24-18(15)19(20)21/h11-12,19H,3-10,13H2,1-2H3. The van der Waals surface area contributed by atoms with Gasteiger partial charge in [-0.3, -0.25) is 9.58 Å². The van der Waals surface area contributed by atoms with E-state index in [9.17, 15) is 8.78 Å². The maximum atomic E-state index is 13.2. The van der Waals surface area contributed by atoms with Crippen molar-refractivity contribution in [3.8, 4) is 0 Å². The number of aromatic nitrogens is 4. The summed E-state index contributed by atoms with van der Waals surface area (Å²) >= 11 is 0. The van der Waals surface area contributed by atoms with E-state index in [0.717, 1.165) is 56.7 Å². The summed E-state index contributed by atoms with van der Waals surface area (Å²) in [6.07, 6.45) is -0.855. The molecule has 4 heterocycles. The number of aryl methyl sites for hydroxylation is 2. The lowest BCUT2D eigenvalue weighted by Gasteiger charge is -2.36. The molecule has 29 heavy (non-hydrogen) atoms. The summed E-state index contributed by atoms with van der Waals surface area (Å²) in [7, 11) is 1.68. The molecule has 0 N–H and O–H groups in total. The molecule has 0 unspecified atom stereocenters. The van der Waals surface area contributed by atoms with E-state index < -0.39 is 6.43 Å². The van der Waals surface area contributed by atoms with Crippen LogP contribution < -0.4 is 9.80 Å². The number of morpholine rings is 1. The van der Waals surface area contributed by atoms with Crippen molar-refractivity contribution in [2.45, 2.75) is 19.9 Å². The summed E-state index contributed by atoms with van der Waals surface area (Å²) in [6.45, 7) is 8.66. The summed E-state index contributed by atoms with van der Waals surface area (Å²) < 4.78 is 33.2. The molecular weight excluding hydrogens is 380 g/mol. The quantitative estimate of drug-likeness (QED) is 0.746. The Morgan fingerprint density at radius 1 is 1.00 bits per heavy atom. The highest BCUT2D eigenvalue weighted by Crippen LogP contribution is 2.24. The number of anilines is 2. The summed E-state index contributed by atoms with van der Waals surface area (Å²) in [5.41, 5.74) is 0.486. The van der Waals surface area contributed by atoms with E-state index in [0.29, 0.717) is 25.3 Å². The van der Waals surface area contributed by atoms with E-state index in [-0.39, 0.29) is 5.69 Å². The van der Waals surface area contributed by atoms with Crippen LogP contribution in [0.5, 0.6) is 0 Å². The summed E-state index contributed by atoms with van der Waals surface area (Å²) in [6, 6.07) is 2.05. The highest BCUT2D eigenvalue weighted by Gasteiger charge is 2.24. The van der Waals surface area contributed by atoms with Crippen LogP contribution in [0.15, 0.2) is 12.3 Å². The van der Waals surface area contributed by atoms with Crippen LogP contribution in [0.3, 0.4) is 0 Å². The molecule has 0 aliphatic carbocycles. The Kier molecular flexibility index (Phi) is 5.91. The number of nitrogens with zero attached hydrogens (tertiary/aromatic N) is 7. The van der Waals surface area contributed by atoms with Gasteiger partial charge in [0.2, 0.25) is 0 Å². The summed E-state index contributed by atoms with van der Waals surface area (Å²) in [5, 5.41) is 3.90. The lowest BCUT2D eigenvalue weighted by Crippen LogP contribution is -2.46. The van der Waals surface area contributed by atoms with Gasteiger partial charge in [0.25, 0.3) is 6.43 Å². The first-order chi connectivity index (χ1) is 14.0. The molecule has 2 saturated heterocycles. The van der Waals surface area contributed by atoms with E-state index in [2.05, 4.69) is 29.8 Å². The van der Waals surface area contributed by atoms with E-state index in [4.69, 9.17) is 4.74 Å². The molecule has 2 fully saturated rings. The Labute approximate surface area is 169 Å². The zero-order chi connectivity index (χ0) is 20.4. The summed E-state index contributed by atoms with van der Waals surface area (Å²) in [5.74, 6) is 2.62. The van der Waals surface area contributed by atoms with Crippen molar-refractivity contribution >= 4 is 11.6 Å². The van der Waals surface area contributed by atoms with Crippen molar-refractivity contribution in [3.63, 3.8) is 0 Å². The third-order valence-corrected chi connectivity index (χ3v) is 5.38. The van der Waals surface area contributed by atoms with Gasteiger partial charge < -0.3 is 14.5 Å². The highest BCUT2D eigenvalue weighted by atomic mass is 19.3. The molecule has 0 atom stereocenters. The molecular formula is C19H27F2N7O. The number of hydrogen-bond acceptors (Lipinski definition) is 7. The van der Waals surface area contributed by atoms with Gasteiger partial charge in [-0.2, -0.15) is 5.10 Å². The fraction of sp³-hybridized carbons (Fsp3) is 0.632. The topological polar surface area (TPSA) is 62.6 Å². The van der Waals surface area contributed by atoms with Crippen LogP contribution in [0.4, 0.5) is 20.4 Å². The molecule has 2 aliphatic rings. The molecule has 0 radical (unpaired) electrons. The predicted octanol–water partition coefficient (Wildman–Crippen LogP) is 1.61. The zero-order valence-electron chi connectivity index (χ0n) is 16.9. The number of hydrogen-bond donors (Lipinski definition) is 0. The SMILES string of the molecule is Cc1nc(N2CCOCC2)cc(N2CCN(Cc3cn(C)nc3C(F)F)CC2)n1. The van der Waals surface area contributed by atoms with Crippen molar-refractivity contribution in [2.24, 2.45) is 7.05 Å². The van der Waals surface area contributed by atoms with Gasteiger partial charge in [0, 0.05) is 70.7 Å². The maximum Gasteiger partial charge on any atom is 0.282 e. The fourth-order valence-corrected chi connectivity index (χ4v) is 3.89. The zero-order valence-corrected chi connectivity index (χ0v) is 16.9. The second-order valence-corrected chi connectivity index (χ2v) is 7.51. The molecule has 4 rings (SSSR count). The fourth-order valence-electron chi connectivity index (χ4n) is 3.89. The van der Waals surface area contributed by atoms with Gasteiger partial charge in [-0.25, -0.2) is 18.7 Å². The molecule has 0 saturated carbocycles. The average Bonchev–Trinajstić information content (AvgIpc) is 3.09. The molecule has 0 bridgehead atoms. The molecule has 0 amide bonds. The van der Waals surface area contributed by atoms with E-state index in [1.165, 1.54) is 4.68 Å². The Morgan fingerprint density at radius 3 is 2.24 bits per heavy atom. The molecule has 2 aromatic rings. The van der Waals surface area contributed by atoms with Crippen LogP contribution in [0.1, 0.15) is 23.5 Å². The minimum atomic E-state index is -2.55. The van der Waals surface area contributed by atoms with Gasteiger partial charge in [0.05, 0.1) is 13.2 Å². The van der Waals surface area contributed by atoms with Crippen molar-refractivity contribution in [3.05, 3.63) is 29.3 Å². The van der Waals surface area contributed by atoms with Crippen LogP contribution >= 0.6 is 0 Å². The first-order valence-electron chi connectivity index (χ1n) is 9.96. The third kappa shape index (κ3) is 4.64. The molecule has 2 aromatic heterocycles. The minimum absolute atomic E-state index is 0.114. The Morgan fingerprint density at radius 2 is 1.62 bits per heavy atom. The first-order valence-corrected chi connectivity index (χ1v) is 9.96. The second kappa shape index (κ2) is 8.58. The monoisotopic (exact) mass is 407 g/mol. The normalized spacial score (nSPS) is 18.7. The van der Waals surface area contributed by atoms with Gasteiger partial charge in [0.15, 0.2) is 0 Å². The van der Waals surface area contributed by atoms with E-state index in [1.807, 2.05) is 13.0 Å². The number of rotatable bonds is 5. The van der Waals surface area contributed by atoms with Crippen LogP contribution in [0.2, 0.25) is 0 Å². The van der Waals surface area contributed by atoms with Gasteiger partial charge in [0.1, 0.15) is 23.2 Å². The van der Waals surface area contributed by atoms with Crippen LogP contribution in [-0.4, -0.2) is 77.1 Å². The van der Waals surface area contributed by atoms with E-state index >= 15 is 0 Å². The molecule has 158 valence electrons. The number of piperazine rings is 1. The van der Waals surface area contributed by atoms with E-state index in [1.54, 1.807) is 13.2 Å². The van der Waals surface area contributed by atoms with Gasteiger partial charge in [-0.15, -0.1) is 0 Å². The number of halogens is 2. The predicted molar refractivity (Wildman–Crippen MR) is 105 cm³/mol. The van der Waals surface area contributed by atoms with Crippen molar-refractivity contribution in [2.75, 3.05) is 62.3 Å². The Balaban J connectivity index is 1.40. The Hall–Kier alpha value is -2.33. The molecule has 2 aliphatic heterocycles. The largest absolute Gasteiger partial charge is 0.378 e. The van der Waals surface area contributed by atoms with Crippen LogP contribution in [-0.2, 0) is 18.3 Å². The number of ether oxygens (including phenoxy) is 1. The van der Waals surface area contributed by atoms with Gasteiger partial charge in [-0.1, -0.05) is 0 Å². The van der Waals surface area contributed by atoms with Crippen LogP contribution in [0.25, 0.3) is 0 Å².